The molecule has 0 aliphatic carbocycles. The molecule has 5 aromatic carbocycles. The van der Waals surface area contributed by atoms with E-state index in [0.29, 0.717) is 40.2 Å². The zero-order valence-electron chi connectivity index (χ0n) is 27.0. The molecule has 7 heteroatoms. The Balaban J connectivity index is 1.75. The van der Waals surface area contributed by atoms with Gasteiger partial charge in [0.05, 0.1) is 44.7 Å². The lowest BCUT2D eigenvalue weighted by molar-refractivity contribution is 0.0526. The average Bonchev–Trinajstić information content (AvgIpc) is 3.13. The third-order valence-corrected chi connectivity index (χ3v) is 12.7. The third-order valence-electron chi connectivity index (χ3n) is 8.40. The van der Waals surface area contributed by atoms with Crippen LogP contribution in [0.5, 0.6) is 17.2 Å². The fourth-order valence-corrected chi connectivity index (χ4v) is 10.4. The van der Waals surface area contributed by atoms with E-state index in [4.69, 9.17) is 23.9 Å². The number of hydrogen-bond donors (Lipinski definition) is 0. The highest BCUT2D eigenvalue weighted by Gasteiger charge is 2.47. The van der Waals surface area contributed by atoms with E-state index in [1.54, 1.807) is 21.3 Å². The van der Waals surface area contributed by atoms with Gasteiger partial charge in [0.15, 0.2) is 11.5 Å². The minimum atomic E-state index is -2.44. The van der Waals surface area contributed by atoms with Crippen LogP contribution in [-0.2, 0) is 10.9 Å². The van der Waals surface area contributed by atoms with Crippen molar-refractivity contribution in [2.45, 2.75) is 13.1 Å². The van der Waals surface area contributed by atoms with E-state index in [1.165, 1.54) is 15.9 Å². The van der Waals surface area contributed by atoms with Crippen molar-refractivity contribution in [3.63, 3.8) is 0 Å². The number of fused-ring (bicyclic) bond motifs is 1. The Morgan fingerprint density at radius 1 is 0.660 bits per heavy atom. The second-order valence-corrected chi connectivity index (χ2v) is 14.4. The average molecular weight is 643 g/mol. The number of hydrogen-bond acceptors (Lipinski definition) is 6. The summed E-state index contributed by atoms with van der Waals surface area (Å²) < 4.78 is 22.7. The van der Waals surface area contributed by atoms with Crippen molar-refractivity contribution >= 4 is 40.0 Å². The molecule has 236 valence electrons. The molecule has 1 heterocycles. The number of carbonyl (C=O) groups excluding carboxylic acids is 1. The second-order valence-electron chi connectivity index (χ2n) is 11.0. The largest absolute Gasteiger partial charge is 0.497 e. The first kappa shape index (κ1) is 31.8. The molecule has 6 nitrogen and oxygen atoms in total. The third kappa shape index (κ3) is 6.05. The zero-order chi connectivity index (χ0) is 32.8. The van der Waals surface area contributed by atoms with Gasteiger partial charge < -0.3 is 18.9 Å². The van der Waals surface area contributed by atoms with Crippen molar-refractivity contribution in [2.24, 2.45) is 0 Å². The molecule has 6 aromatic rings. The summed E-state index contributed by atoms with van der Waals surface area (Å²) in [6.45, 7) is 2.04. The van der Waals surface area contributed by atoms with Gasteiger partial charge in [-0.25, -0.2) is 9.78 Å². The van der Waals surface area contributed by atoms with Crippen LogP contribution in [0.4, 0.5) is 0 Å². The minimum Gasteiger partial charge on any atom is -0.497 e. The summed E-state index contributed by atoms with van der Waals surface area (Å²) in [7, 11) is 2.40. The van der Waals surface area contributed by atoms with Gasteiger partial charge in [0.1, 0.15) is 35.1 Å². The van der Waals surface area contributed by atoms with Gasteiger partial charge in [-0.2, -0.15) is 0 Å². The lowest BCUT2D eigenvalue weighted by Gasteiger charge is -2.28. The van der Waals surface area contributed by atoms with Crippen LogP contribution in [0.1, 0.15) is 23.0 Å². The molecule has 0 spiro atoms. The van der Waals surface area contributed by atoms with E-state index in [2.05, 4.69) is 72.8 Å². The summed E-state index contributed by atoms with van der Waals surface area (Å²) in [5.41, 5.74) is 3.32. The number of nitrogens with zero attached hydrogens (tertiary/aromatic N) is 1. The number of methoxy groups -OCH3 is 3. The maximum Gasteiger partial charge on any atom is 0.340 e. The number of pyridine rings is 1. The van der Waals surface area contributed by atoms with Gasteiger partial charge in [-0.15, -0.1) is 0 Å². The van der Waals surface area contributed by atoms with Crippen molar-refractivity contribution < 1.29 is 23.7 Å². The maximum atomic E-state index is 14.3. The lowest BCUT2D eigenvalue weighted by Crippen LogP contribution is -2.33. The molecule has 0 aliphatic rings. The molecule has 0 N–H and O–H groups in total. The van der Waals surface area contributed by atoms with E-state index in [1.807, 2.05) is 61.5 Å². The predicted molar refractivity (Wildman–Crippen MR) is 192 cm³/mol. The summed E-state index contributed by atoms with van der Waals surface area (Å²) in [5.74, 6) is 1.38. The predicted octanol–water partition coefficient (Wildman–Crippen LogP) is 7.60. The summed E-state index contributed by atoms with van der Waals surface area (Å²) >= 11 is 0. The molecule has 0 bridgehead atoms. The zero-order valence-corrected chi connectivity index (χ0v) is 27.9. The van der Waals surface area contributed by atoms with E-state index in [-0.39, 0.29) is 6.61 Å². The van der Waals surface area contributed by atoms with Crippen molar-refractivity contribution in [2.75, 3.05) is 27.9 Å². The molecular formula is C40H37NO5P+. The van der Waals surface area contributed by atoms with Gasteiger partial charge in [-0.05, 0) is 67.1 Å². The molecule has 0 unspecified atom stereocenters. The number of esters is 1. The van der Waals surface area contributed by atoms with Crippen molar-refractivity contribution in [3.8, 4) is 28.4 Å². The van der Waals surface area contributed by atoms with Crippen LogP contribution in [0.25, 0.3) is 22.0 Å². The fraction of sp³-hybridized carbons (Fsp3) is 0.150. The molecule has 0 radical (unpaired) electrons. The molecule has 0 saturated carbocycles. The Morgan fingerprint density at radius 3 is 1.64 bits per heavy atom. The minimum absolute atomic E-state index is 0.223. The van der Waals surface area contributed by atoms with E-state index >= 15 is 0 Å². The molecule has 0 fully saturated rings. The monoisotopic (exact) mass is 642 g/mol. The Hall–Kier alpha value is -5.19. The molecule has 0 atom stereocenters. The molecule has 0 aliphatic heterocycles. The normalized spacial score (nSPS) is 11.2. The van der Waals surface area contributed by atoms with Crippen molar-refractivity contribution in [1.82, 2.24) is 4.98 Å². The maximum absolute atomic E-state index is 14.3. The first-order valence-electron chi connectivity index (χ1n) is 15.5. The number of ether oxygens (including phenoxy) is 4. The highest BCUT2D eigenvalue weighted by atomic mass is 31.2. The van der Waals surface area contributed by atoms with Crippen LogP contribution < -0.4 is 30.1 Å². The Labute approximate surface area is 276 Å². The van der Waals surface area contributed by atoms with Crippen molar-refractivity contribution in [3.05, 3.63) is 139 Å². The van der Waals surface area contributed by atoms with Crippen LogP contribution in [-0.4, -0.2) is 38.9 Å². The Kier molecular flexibility index (Phi) is 9.51. The number of benzene rings is 5. The summed E-state index contributed by atoms with van der Waals surface area (Å²) in [4.78, 5) is 19.6. The highest BCUT2D eigenvalue weighted by Crippen LogP contribution is 2.59. The van der Waals surface area contributed by atoms with Crippen LogP contribution in [0, 0.1) is 0 Å². The number of aromatic nitrogens is 1. The first-order chi connectivity index (χ1) is 23.0. The van der Waals surface area contributed by atoms with Crippen LogP contribution in [0.15, 0.2) is 127 Å². The lowest BCUT2D eigenvalue weighted by atomic mass is 9.94. The van der Waals surface area contributed by atoms with E-state index in [0.717, 1.165) is 16.5 Å². The molecule has 0 amide bonds. The van der Waals surface area contributed by atoms with Crippen LogP contribution in [0.2, 0.25) is 0 Å². The standard InChI is InChI=1S/C40H37NO5P/c1-5-46-40(42)39-35(27-47(30-15-9-6-10-16-30,31-17-11-7-12-18-31)32-19-13-8-14-20-32)41-34-26-37(45-4)36(44-3)25-33(34)38(39)28-21-23-29(43-2)24-22-28/h6-26H,5,27H2,1-4H3/q+1. The molecule has 47 heavy (non-hydrogen) atoms. The molecule has 1 aromatic heterocycles. The van der Waals surface area contributed by atoms with Crippen LogP contribution in [0.3, 0.4) is 0 Å². The topological polar surface area (TPSA) is 66.9 Å². The van der Waals surface area contributed by atoms with Gasteiger partial charge in [-0.3, -0.25) is 0 Å². The van der Waals surface area contributed by atoms with Gasteiger partial charge in [0.2, 0.25) is 0 Å². The quantitative estimate of drug-likeness (QED) is 0.107. The van der Waals surface area contributed by atoms with Crippen LogP contribution >= 0.6 is 7.26 Å². The Morgan fingerprint density at radius 2 is 1.17 bits per heavy atom. The van der Waals surface area contributed by atoms with Gasteiger partial charge in [0.25, 0.3) is 0 Å². The smallest absolute Gasteiger partial charge is 0.340 e. The van der Waals surface area contributed by atoms with E-state index in [9.17, 15) is 4.79 Å². The number of rotatable bonds is 11. The summed E-state index contributed by atoms with van der Waals surface area (Å²) in [5, 5.41) is 4.31. The highest BCUT2D eigenvalue weighted by molar-refractivity contribution is 7.95. The summed E-state index contributed by atoms with van der Waals surface area (Å²) in [6, 6.07) is 43.2. The summed E-state index contributed by atoms with van der Waals surface area (Å²) in [6.07, 6.45) is 0.479. The second kappa shape index (κ2) is 14.1. The van der Waals surface area contributed by atoms with Gasteiger partial charge in [0, 0.05) is 17.0 Å². The van der Waals surface area contributed by atoms with Gasteiger partial charge >= 0.3 is 5.97 Å². The first-order valence-corrected chi connectivity index (χ1v) is 17.5. The Bertz CT molecular complexity index is 1890. The van der Waals surface area contributed by atoms with E-state index < -0.39 is 13.2 Å². The van der Waals surface area contributed by atoms with Gasteiger partial charge in [-0.1, -0.05) is 66.7 Å². The molecular weight excluding hydrogens is 605 g/mol. The molecule has 6 rings (SSSR count). The fourth-order valence-electron chi connectivity index (χ4n) is 6.23. The SMILES string of the molecule is CCOC(=O)c1c(C[P+](c2ccccc2)(c2ccccc2)c2ccccc2)nc2cc(OC)c(OC)cc2c1-c1ccc(OC)cc1. The number of carbonyl (C=O) groups is 1. The van der Waals surface area contributed by atoms with Crippen molar-refractivity contribution in [1.29, 1.82) is 0 Å². The molecule has 0 saturated heterocycles.